The smallest absolute Gasteiger partial charge is 0.270 e. The molecule has 154 valence electrons. The van der Waals surface area contributed by atoms with Gasteiger partial charge in [-0.1, -0.05) is 28.5 Å². The Morgan fingerprint density at radius 3 is 2.52 bits per heavy atom. The molecule has 2 aromatic heterocycles. The third-order valence-electron chi connectivity index (χ3n) is 4.28. The molecule has 0 atom stereocenters. The minimum atomic E-state index is -0.516. The summed E-state index contributed by atoms with van der Waals surface area (Å²) in [6.45, 7) is 0. The normalized spacial score (nSPS) is 10.6. The van der Waals surface area contributed by atoms with Gasteiger partial charge >= 0.3 is 0 Å². The van der Waals surface area contributed by atoms with E-state index < -0.39 is 5.56 Å². The van der Waals surface area contributed by atoms with Crippen molar-refractivity contribution in [1.29, 1.82) is 5.26 Å². The summed E-state index contributed by atoms with van der Waals surface area (Å²) in [5, 5.41) is 14.3. The second-order valence-electron chi connectivity index (χ2n) is 6.24. The largest absolute Gasteiger partial charge is 0.497 e. The Bertz CT molecular complexity index is 1310. The van der Waals surface area contributed by atoms with Gasteiger partial charge in [0.25, 0.3) is 5.56 Å². The van der Waals surface area contributed by atoms with E-state index in [9.17, 15) is 10.1 Å². The molecule has 10 heteroatoms. The molecule has 2 aromatic carbocycles. The molecule has 0 spiro atoms. The first-order chi connectivity index (χ1) is 15.1. The summed E-state index contributed by atoms with van der Waals surface area (Å²) in [5.41, 5.74) is 1.13. The van der Waals surface area contributed by atoms with Crippen LogP contribution in [0.2, 0.25) is 5.02 Å². The van der Waals surface area contributed by atoms with E-state index in [2.05, 4.69) is 20.1 Å². The minimum Gasteiger partial charge on any atom is -0.497 e. The maximum Gasteiger partial charge on any atom is 0.270 e. The number of halogens is 1. The number of H-pyrrole nitrogens is 1. The second-order valence-corrected chi connectivity index (χ2v) is 7.64. The first kappa shape index (κ1) is 20.7. The summed E-state index contributed by atoms with van der Waals surface area (Å²) in [6.07, 6.45) is 0. The molecule has 0 bridgehead atoms. The maximum atomic E-state index is 12.4. The van der Waals surface area contributed by atoms with Crippen molar-refractivity contribution in [3.05, 3.63) is 75.4 Å². The SMILES string of the molecule is COc1ccc(-c2nc(SCc3nc(-c4ccc(Cl)cc4)no3)[nH]c(=O)c2C#N)cc1. The van der Waals surface area contributed by atoms with E-state index in [-0.39, 0.29) is 11.3 Å². The lowest BCUT2D eigenvalue weighted by Gasteiger charge is -2.06. The number of hydrogen-bond donors (Lipinski definition) is 1. The molecule has 8 nitrogen and oxygen atoms in total. The van der Waals surface area contributed by atoms with Crippen LogP contribution in [0, 0.1) is 11.3 Å². The van der Waals surface area contributed by atoms with Gasteiger partial charge in [-0.25, -0.2) is 4.98 Å². The Labute approximate surface area is 185 Å². The lowest BCUT2D eigenvalue weighted by molar-refractivity contribution is 0.391. The molecule has 0 amide bonds. The maximum absolute atomic E-state index is 12.4. The molecule has 31 heavy (non-hydrogen) atoms. The standard InChI is InChI=1S/C21H14ClN5O3S/c1-29-15-8-4-12(5-9-15)18-16(10-23)20(28)26-21(25-18)31-11-17-24-19(27-30-17)13-2-6-14(22)7-3-13/h2-9H,11H2,1H3,(H,25,26,28). The molecule has 0 fully saturated rings. The van der Waals surface area contributed by atoms with Gasteiger partial charge in [-0.05, 0) is 48.5 Å². The number of nitriles is 1. The van der Waals surface area contributed by atoms with Crippen LogP contribution in [0.3, 0.4) is 0 Å². The Balaban J connectivity index is 1.56. The van der Waals surface area contributed by atoms with Crippen LogP contribution in [0.1, 0.15) is 11.5 Å². The van der Waals surface area contributed by atoms with E-state index in [0.29, 0.717) is 38.9 Å². The molecule has 1 N–H and O–H groups in total. The van der Waals surface area contributed by atoms with Crippen molar-refractivity contribution < 1.29 is 9.26 Å². The van der Waals surface area contributed by atoms with Crippen LogP contribution >= 0.6 is 23.4 Å². The zero-order chi connectivity index (χ0) is 21.8. The van der Waals surface area contributed by atoms with Crippen LogP contribution in [0.25, 0.3) is 22.6 Å². The van der Waals surface area contributed by atoms with Crippen LogP contribution < -0.4 is 10.3 Å². The average Bonchev–Trinajstić information content (AvgIpc) is 3.27. The van der Waals surface area contributed by atoms with Gasteiger partial charge in [0.1, 0.15) is 17.4 Å². The molecule has 0 saturated heterocycles. The number of nitrogens with zero attached hydrogens (tertiary/aromatic N) is 4. The highest BCUT2D eigenvalue weighted by Gasteiger charge is 2.15. The number of aromatic nitrogens is 4. The topological polar surface area (TPSA) is 118 Å². The number of methoxy groups -OCH3 is 1. The molecule has 0 aliphatic rings. The van der Waals surface area contributed by atoms with E-state index >= 15 is 0 Å². The molecular weight excluding hydrogens is 438 g/mol. The highest BCUT2D eigenvalue weighted by molar-refractivity contribution is 7.98. The molecule has 4 aromatic rings. The number of thioether (sulfide) groups is 1. The van der Waals surface area contributed by atoms with Gasteiger partial charge in [0.05, 0.1) is 18.6 Å². The van der Waals surface area contributed by atoms with Gasteiger partial charge in [0.2, 0.25) is 11.7 Å². The summed E-state index contributed by atoms with van der Waals surface area (Å²) in [7, 11) is 1.56. The summed E-state index contributed by atoms with van der Waals surface area (Å²) >= 11 is 7.11. The fraction of sp³-hybridized carbons (Fsp3) is 0.0952. The summed E-state index contributed by atoms with van der Waals surface area (Å²) in [6, 6.07) is 16.0. The van der Waals surface area contributed by atoms with Crippen LogP contribution in [0.4, 0.5) is 0 Å². The van der Waals surface area contributed by atoms with E-state index in [4.69, 9.17) is 20.9 Å². The number of nitrogens with one attached hydrogen (secondary N) is 1. The second kappa shape index (κ2) is 9.04. The predicted molar refractivity (Wildman–Crippen MR) is 116 cm³/mol. The van der Waals surface area contributed by atoms with Gasteiger partial charge in [-0.3, -0.25) is 4.79 Å². The van der Waals surface area contributed by atoms with Crippen LogP contribution in [0.15, 0.2) is 63.0 Å². The van der Waals surface area contributed by atoms with Gasteiger partial charge in [-0.15, -0.1) is 0 Å². The zero-order valence-electron chi connectivity index (χ0n) is 16.1. The van der Waals surface area contributed by atoms with Crippen molar-refractivity contribution in [1.82, 2.24) is 20.1 Å². The van der Waals surface area contributed by atoms with Gasteiger partial charge in [-0.2, -0.15) is 10.2 Å². The average molecular weight is 452 g/mol. The number of aromatic amines is 1. The first-order valence-electron chi connectivity index (χ1n) is 8.97. The van der Waals surface area contributed by atoms with Crippen LogP contribution in [-0.4, -0.2) is 27.2 Å². The lowest BCUT2D eigenvalue weighted by atomic mass is 10.1. The molecule has 4 rings (SSSR count). The first-order valence-corrected chi connectivity index (χ1v) is 10.3. The lowest BCUT2D eigenvalue weighted by Crippen LogP contribution is -2.14. The van der Waals surface area contributed by atoms with Crippen molar-refractivity contribution in [3.63, 3.8) is 0 Å². The molecule has 0 radical (unpaired) electrons. The Hall–Kier alpha value is -3.61. The highest BCUT2D eigenvalue weighted by Crippen LogP contribution is 2.26. The Morgan fingerprint density at radius 1 is 1.13 bits per heavy atom. The number of rotatable bonds is 6. The Kier molecular flexibility index (Phi) is 6.02. The summed E-state index contributed by atoms with van der Waals surface area (Å²) in [4.78, 5) is 23.8. The fourth-order valence-electron chi connectivity index (χ4n) is 2.74. The molecule has 2 heterocycles. The van der Waals surface area contributed by atoms with E-state index in [1.54, 1.807) is 55.6 Å². The molecule has 0 aliphatic carbocycles. The molecular formula is C21H14ClN5O3S. The van der Waals surface area contributed by atoms with E-state index in [0.717, 1.165) is 5.56 Å². The molecule has 0 unspecified atom stereocenters. The van der Waals surface area contributed by atoms with Crippen molar-refractivity contribution >= 4 is 23.4 Å². The van der Waals surface area contributed by atoms with Gasteiger partial charge in [0.15, 0.2) is 5.16 Å². The summed E-state index contributed by atoms with van der Waals surface area (Å²) < 4.78 is 10.4. The number of benzene rings is 2. The van der Waals surface area contributed by atoms with Crippen LogP contribution in [0.5, 0.6) is 5.75 Å². The van der Waals surface area contributed by atoms with E-state index in [1.165, 1.54) is 11.8 Å². The van der Waals surface area contributed by atoms with Crippen molar-refractivity contribution in [2.24, 2.45) is 0 Å². The molecule has 0 aliphatic heterocycles. The summed E-state index contributed by atoms with van der Waals surface area (Å²) in [5.74, 6) is 1.76. The number of hydrogen-bond acceptors (Lipinski definition) is 8. The highest BCUT2D eigenvalue weighted by atomic mass is 35.5. The van der Waals surface area contributed by atoms with Gasteiger partial charge < -0.3 is 14.2 Å². The van der Waals surface area contributed by atoms with Crippen molar-refractivity contribution in [3.8, 4) is 34.5 Å². The van der Waals surface area contributed by atoms with Crippen molar-refractivity contribution in [2.75, 3.05) is 7.11 Å². The monoisotopic (exact) mass is 451 g/mol. The zero-order valence-corrected chi connectivity index (χ0v) is 17.7. The minimum absolute atomic E-state index is 0.0580. The molecule has 0 saturated carbocycles. The van der Waals surface area contributed by atoms with Gasteiger partial charge in [0, 0.05) is 16.1 Å². The Morgan fingerprint density at radius 2 is 1.84 bits per heavy atom. The predicted octanol–water partition coefficient (Wildman–Crippen LogP) is 4.31. The number of ether oxygens (including phenoxy) is 1. The van der Waals surface area contributed by atoms with E-state index in [1.807, 2.05) is 6.07 Å². The van der Waals surface area contributed by atoms with Crippen LogP contribution in [-0.2, 0) is 5.75 Å². The quantitative estimate of drug-likeness (QED) is 0.340. The van der Waals surface area contributed by atoms with Crippen molar-refractivity contribution in [2.45, 2.75) is 10.9 Å². The third-order valence-corrected chi connectivity index (χ3v) is 5.39. The fourth-order valence-corrected chi connectivity index (χ4v) is 3.57. The third kappa shape index (κ3) is 4.60.